The smallest absolute Gasteiger partial charge is 0.101 e. The van der Waals surface area contributed by atoms with E-state index >= 15 is 0 Å². The summed E-state index contributed by atoms with van der Waals surface area (Å²) in [6.07, 6.45) is 1.64. The van der Waals surface area contributed by atoms with E-state index in [2.05, 4.69) is 121 Å². The van der Waals surface area contributed by atoms with Crippen LogP contribution in [0.4, 0.5) is 17.1 Å². The minimum Gasteiger partial charge on any atom is -0.309 e. The molecule has 0 saturated carbocycles. The first kappa shape index (κ1) is 21.8. The monoisotopic (exact) mass is 463 g/mol. The summed E-state index contributed by atoms with van der Waals surface area (Å²) >= 11 is 0. The molecule has 0 spiro atoms. The maximum atomic E-state index is 9.21. The van der Waals surface area contributed by atoms with Crippen molar-refractivity contribution in [3.63, 3.8) is 0 Å². The lowest BCUT2D eigenvalue weighted by Crippen LogP contribution is -2.30. The van der Waals surface area contributed by atoms with E-state index in [-0.39, 0.29) is 5.41 Å². The fraction of sp³-hybridized carbons (Fsp3) is 0.0909. The van der Waals surface area contributed by atoms with E-state index in [0.29, 0.717) is 5.56 Å². The van der Waals surface area contributed by atoms with E-state index in [1.165, 1.54) is 22.5 Å². The first-order valence-corrected chi connectivity index (χ1v) is 12.1. The number of nitrogens with zero attached hydrogens (tertiary/aromatic N) is 3. The van der Waals surface area contributed by atoms with Crippen molar-refractivity contribution in [1.29, 1.82) is 5.26 Å². The summed E-state index contributed by atoms with van der Waals surface area (Å²) in [5, 5.41) is 9.21. The molecule has 0 aliphatic carbocycles. The van der Waals surface area contributed by atoms with Gasteiger partial charge in [-0.05, 0) is 47.0 Å². The van der Waals surface area contributed by atoms with Gasteiger partial charge in [-0.2, -0.15) is 5.26 Å². The van der Waals surface area contributed by atoms with Crippen molar-refractivity contribution in [2.24, 2.45) is 0 Å². The third-order valence-electron chi connectivity index (χ3n) is 7.17. The second-order valence-electron chi connectivity index (χ2n) is 9.60. The van der Waals surface area contributed by atoms with Crippen LogP contribution in [0.5, 0.6) is 0 Å². The molecule has 5 aromatic rings. The Hall–Kier alpha value is -4.68. The average molecular weight is 464 g/mol. The number of nitriles is 1. The Morgan fingerprint density at radius 3 is 1.72 bits per heavy atom. The van der Waals surface area contributed by atoms with Gasteiger partial charge in [-0.25, -0.2) is 0 Å². The first-order valence-electron chi connectivity index (χ1n) is 12.1. The van der Waals surface area contributed by atoms with Crippen molar-refractivity contribution in [1.82, 2.24) is 4.98 Å². The summed E-state index contributed by atoms with van der Waals surface area (Å²) in [4.78, 5) is 7.00. The molecule has 1 aliphatic rings. The van der Waals surface area contributed by atoms with Crippen LogP contribution in [0.2, 0.25) is 0 Å². The third-order valence-corrected chi connectivity index (χ3v) is 7.17. The predicted molar refractivity (Wildman–Crippen MR) is 147 cm³/mol. The fourth-order valence-corrected chi connectivity index (χ4v) is 5.39. The average Bonchev–Trinajstić information content (AvgIpc) is 2.94. The van der Waals surface area contributed by atoms with E-state index in [4.69, 9.17) is 0 Å². The molecule has 0 radical (unpaired) electrons. The van der Waals surface area contributed by atoms with Crippen molar-refractivity contribution in [2.45, 2.75) is 19.3 Å². The maximum absolute atomic E-state index is 9.21. The molecule has 0 N–H and O–H groups in total. The van der Waals surface area contributed by atoms with Crippen molar-refractivity contribution in [2.75, 3.05) is 4.90 Å². The van der Waals surface area contributed by atoms with Gasteiger partial charge in [0.05, 0.1) is 28.3 Å². The Morgan fingerprint density at radius 1 is 0.611 bits per heavy atom. The molecule has 2 heterocycles. The van der Waals surface area contributed by atoms with Crippen LogP contribution in [0.15, 0.2) is 115 Å². The van der Waals surface area contributed by atoms with Crippen LogP contribution in [0, 0.1) is 11.3 Å². The molecule has 0 atom stereocenters. The molecule has 0 amide bonds. The number of para-hydroxylation sites is 3. The quantitative estimate of drug-likeness (QED) is 0.270. The SMILES string of the molecule is CC1(C)c2ccccc2N(c2ccccc2-c2ccccc2-c2ccc(C#N)cn2)c2ccccc21. The molecular weight excluding hydrogens is 438 g/mol. The second kappa shape index (κ2) is 8.52. The summed E-state index contributed by atoms with van der Waals surface area (Å²) < 4.78 is 0. The molecule has 36 heavy (non-hydrogen) atoms. The van der Waals surface area contributed by atoms with Gasteiger partial charge < -0.3 is 4.90 Å². The Labute approximate surface area is 211 Å². The minimum atomic E-state index is -0.108. The number of hydrogen-bond donors (Lipinski definition) is 0. The van der Waals surface area contributed by atoms with Crippen molar-refractivity contribution in [3.8, 4) is 28.5 Å². The Kier molecular flexibility index (Phi) is 5.16. The highest BCUT2D eigenvalue weighted by molar-refractivity contribution is 5.95. The van der Waals surface area contributed by atoms with Crippen molar-refractivity contribution >= 4 is 17.1 Å². The number of hydrogen-bond acceptors (Lipinski definition) is 3. The van der Waals surface area contributed by atoms with E-state index in [1.807, 2.05) is 18.2 Å². The minimum absolute atomic E-state index is 0.108. The lowest BCUT2D eigenvalue weighted by atomic mass is 9.73. The molecule has 4 aromatic carbocycles. The second-order valence-corrected chi connectivity index (χ2v) is 9.60. The number of fused-ring (bicyclic) bond motifs is 2. The Morgan fingerprint density at radius 2 is 1.14 bits per heavy atom. The molecule has 1 aliphatic heterocycles. The molecule has 0 unspecified atom stereocenters. The molecule has 0 fully saturated rings. The molecule has 3 heteroatoms. The van der Waals surface area contributed by atoms with Crippen LogP contribution in [0.25, 0.3) is 22.4 Å². The third kappa shape index (κ3) is 3.39. The van der Waals surface area contributed by atoms with Gasteiger partial charge in [0.15, 0.2) is 0 Å². The van der Waals surface area contributed by atoms with E-state index in [1.54, 1.807) is 6.20 Å². The number of benzene rings is 4. The van der Waals surface area contributed by atoms with Gasteiger partial charge in [-0.1, -0.05) is 92.7 Å². The summed E-state index contributed by atoms with van der Waals surface area (Å²) in [6, 6.07) is 40.3. The molecular formula is C33H25N3. The molecule has 0 saturated heterocycles. The predicted octanol–water partition coefficient (Wildman–Crippen LogP) is 8.40. The van der Waals surface area contributed by atoms with Crippen LogP contribution >= 0.6 is 0 Å². The first-order chi connectivity index (χ1) is 17.6. The summed E-state index contributed by atoms with van der Waals surface area (Å²) in [5.74, 6) is 0. The van der Waals surface area contributed by atoms with Gasteiger partial charge in [-0.15, -0.1) is 0 Å². The van der Waals surface area contributed by atoms with Crippen molar-refractivity contribution in [3.05, 3.63) is 132 Å². The highest BCUT2D eigenvalue weighted by Crippen LogP contribution is 2.53. The fourth-order valence-electron chi connectivity index (χ4n) is 5.39. The lowest BCUT2D eigenvalue weighted by Gasteiger charge is -2.42. The van der Waals surface area contributed by atoms with Gasteiger partial charge in [-0.3, -0.25) is 4.98 Å². The van der Waals surface area contributed by atoms with Gasteiger partial charge >= 0.3 is 0 Å². The van der Waals surface area contributed by atoms with Gasteiger partial charge in [0.25, 0.3) is 0 Å². The van der Waals surface area contributed by atoms with Crippen LogP contribution in [0.3, 0.4) is 0 Å². The van der Waals surface area contributed by atoms with Gasteiger partial charge in [0, 0.05) is 22.7 Å². The van der Waals surface area contributed by atoms with Crippen molar-refractivity contribution < 1.29 is 0 Å². The van der Waals surface area contributed by atoms with Crippen LogP contribution in [-0.4, -0.2) is 4.98 Å². The number of anilines is 3. The zero-order chi connectivity index (χ0) is 24.7. The van der Waals surface area contributed by atoms with E-state index < -0.39 is 0 Å². The molecule has 1 aromatic heterocycles. The van der Waals surface area contributed by atoms with Gasteiger partial charge in [0.1, 0.15) is 6.07 Å². The number of aromatic nitrogens is 1. The summed E-state index contributed by atoms with van der Waals surface area (Å²) in [5.41, 5.74) is 10.7. The molecule has 0 bridgehead atoms. The molecule has 3 nitrogen and oxygen atoms in total. The summed E-state index contributed by atoms with van der Waals surface area (Å²) in [7, 11) is 0. The largest absolute Gasteiger partial charge is 0.309 e. The highest BCUT2D eigenvalue weighted by atomic mass is 15.2. The highest BCUT2D eigenvalue weighted by Gasteiger charge is 2.37. The van der Waals surface area contributed by atoms with Gasteiger partial charge in [0.2, 0.25) is 0 Å². The van der Waals surface area contributed by atoms with Crippen LogP contribution in [-0.2, 0) is 5.41 Å². The summed E-state index contributed by atoms with van der Waals surface area (Å²) in [6.45, 7) is 4.61. The maximum Gasteiger partial charge on any atom is 0.101 e. The number of rotatable bonds is 3. The molecule has 6 rings (SSSR count). The van der Waals surface area contributed by atoms with Crippen LogP contribution in [0.1, 0.15) is 30.5 Å². The number of pyridine rings is 1. The standard InChI is InChI=1S/C33H25N3/c1-33(2)27-14-6-9-17-31(27)36(32-18-10-7-15-28(32)33)30-16-8-5-13-26(30)24-11-3-4-12-25(24)29-20-19-23(21-34)22-35-29/h3-20,22H,1-2H3. The zero-order valence-corrected chi connectivity index (χ0v) is 20.3. The Balaban J connectivity index is 1.60. The van der Waals surface area contributed by atoms with E-state index in [0.717, 1.165) is 28.1 Å². The lowest BCUT2D eigenvalue weighted by molar-refractivity contribution is 0.632. The zero-order valence-electron chi connectivity index (χ0n) is 20.3. The molecule has 172 valence electrons. The van der Waals surface area contributed by atoms with E-state index in [9.17, 15) is 5.26 Å². The van der Waals surface area contributed by atoms with Crippen LogP contribution < -0.4 is 4.90 Å². The Bertz CT molecular complexity index is 1570. The normalized spacial score (nSPS) is 13.4. The topological polar surface area (TPSA) is 39.9 Å².